The van der Waals surface area contributed by atoms with Crippen LogP contribution in [0, 0.1) is 0 Å². The summed E-state index contributed by atoms with van der Waals surface area (Å²) in [6.07, 6.45) is 1.62. The van der Waals surface area contributed by atoms with Gasteiger partial charge in [0.15, 0.2) is 0 Å². The molecule has 0 fully saturated rings. The molecule has 5 heteroatoms. The van der Waals surface area contributed by atoms with E-state index in [1.54, 1.807) is 6.07 Å². The highest BCUT2D eigenvalue weighted by molar-refractivity contribution is 6.14. The predicted molar refractivity (Wildman–Crippen MR) is 136 cm³/mol. The van der Waals surface area contributed by atoms with Gasteiger partial charge in [-0.2, -0.15) is 0 Å². The summed E-state index contributed by atoms with van der Waals surface area (Å²) < 4.78 is 0. The number of fused-ring (bicyclic) bond motifs is 1. The number of rotatable bonds is 6. The maximum atomic E-state index is 13.1. The summed E-state index contributed by atoms with van der Waals surface area (Å²) in [6, 6.07) is 26.3. The molecule has 0 aliphatic rings. The van der Waals surface area contributed by atoms with Crippen molar-refractivity contribution in [2.75, 3.05) is 16.0 Å². The van der Waals surface area contributed by atoms with Crippen molar-refractivity contribution in [3.8, 4) is 0 Å². The van der Waals surface area contributed by atoms with Crippen LogP contribution in [0.25, 0.3) is 10.8 Å². The second kappa shape index (κ2) is 10.0. The molecule has 0 spiro atoms. The number of anilines is 3. The molecule has 0 saturated carbocycles. The molecule has 0 aliphatic heterocycles. The van der Waals surface area contributed by atoms with Crippen LogP contribution in [-0.2, 0) is 12.8 Å². The van der Waals surface area contributed by atoms with Crippen LogP contribution in [0.15, 0.2) is 84.9 Å². The van der Waals surface area contributed by atoms with E-state index >= 15 is 0 Å². The number of para-hydroxylation sites is 2. The van der Waals surface area contributed by atoms with Gasteiger partial charge in [-0.1, -0.05) is 74.5 Å². The number of carbonyl (C=O) groups excluding carboxylic acids is 2. The molecule has 4 rings (SSSR count). The van der Waals surface area contributed by atoms with Crippen molar-refractivity contribution in [3.05, 3.63) is 102 Å². The van der Waals surface area contributed by atoms with E-state index in [1.807, 2.05) is 78.9 Å². The van der Waals surface area contributed by atoms with Gasteiger partial charge >= 0.3 is 6.03 Å². The molecule has 4 aromatic rings. The van der Waals surface area contributed by atoms with E-state index in [4.69, 9.17) is 0 Å². The van der Waals surface area contributed by atoms with Crippen LogP contribution in [0.1, 0.15) is 35.3 Å². The zero-order chi connectivity index (χ0) is 23.2. The van der Waals surface area contributed by atoms with Crippen LogP contribution in [0.5, 0.6) is 0 Å². The summed E-state index contributed by atoms with van der Waals surface area (Å²) in [6.45, 7) is 4.13. The molecule has 0 aliphatic carbocycles. The fourth-order valence-electron chi connectivity index (χ4n) is 3.92. The lowest BCUT2D eigenvalue weighted by Gasteiger charge is -2.17. The molecular weight excluding hydrogens is 410 g/mol. The van der Waals surface area contributed by atoms with E-state index < -0.39 is 0 Å². The number of aryl methyl sites for hydroxylation is 2. The summed E-state index contributed by atoms with van der Waals surface area (Å²) in [4.78, 5) is 26.2. The van der Waals surface area contributed by atoms with Crippen molar-refractivity contribution < 1.29 is 9.59 Å². The van der Waals surface area contributed by atoms with Crippen molar-refractivity contribution in [3.63, 3.8) is 0 Å². The lowest BCUT2D eigenvalue weighted by Crippen LogP contribution is -2.23. The molecule has 3 amide bonds. The SMILES string of the molecule is CCc1cccc(CC)c1NC(=O)Nc1cc2ccccc2cc1C(=O)Nc1ccccc1. The van der Waals surface area contributed by atoms with E-state index in [0.29, 0.717) is 16.9 Å². The average molecular weight is 438 g/mol. The topological polar surface area (TPSA) is 70.2 Å². The normalized spacial score (nSPS) is 10.6. The van der Waals surface area contributed by atoms with E-state index in [0.717, 1.165) is 40.4 Å². The van der Waals surface area contributed by atoms with Crippen molar-refractivity contribution in [2.24, 2.45) is 0 Å². The summed E-state index contributed by atoms with van der Waals surface area (Å²) in [5, 5.41) is 10.7. The van der Waals surface area contributed by atoms with Crippen molar-refractivity contribution in [1.82, 2.24) is 0 Å². The highest BCUT2D eigenvalue weighted by Gasteiger charge is 2.17. The Balaban J connectivity index is 1.66. The first-order chi connectivity index (χ1) is 16.1. The Morgan fingerprint density at radius 1 is 0.667 bits per heavy atom. The van der Waals surface area contributed by atoms with E-state index in [-0.39, 0.29) is 11.9 Å². The molecule has 0 unspecified atom stereocenters. The Kier molecular flexibility index (Phi) is 6.69. The quantitative estimate of drug-likeness (QED) is 0.308. The largest absolute Gasteiger partial charge is 0.323 e. The van der Waals surface area contributed by atoms with E-state index in [2.05, 4.69) is 29.8 Å². The Bertz CT molecular complexity index is 1280. The van der Waals surface area contributed by atoms with Crippen molar-refractivity contribution in [1.29, 1.82) is 0 Å². The Labute approximate surface area is 193 Å². The van der Waals surface area contributed by atoms with Gasteiger partial charge in [-0.15, -0.1) is 0 Å². The van der Waals surface area contributed by atoms with E-state index in [1.165, 1.54) is 0 Å². The minimum absolute atomic E-state index is 0.287. The first-order valence-corrected chi connectivity index (χ1v) is 11.2. The number of nitrogens with one attached hydrogen (secondary N) is 3. The van der Waals surface area contributed by atoms with Gasteiger partial charge < -0.3 is 16.0 Å². The first-order valence-electron chi connectivity index (χ1n) is 11.2. The van der Waals surface area contributed by atoms with Gasteiger partial charge in [-0.3, -0.25) is 4.79 Å². The number of urea groups is 1. The molecule has 0 atom stereocenters. The van der Waals surface area contributed by atoms with E-state index in [9.17, 15) is 9.59 Å². The Morgan fingerprint density at radius 2 is 1.27 bits per heavy atom. The Morgan fingerprint density at radius 3 is 1.91 bits per heavy atom. The standard InChI is InChI=1S/C28H27N3O2/c1-3-19-13-10-14-20(4-2)26(19)31-28(33)30-25-18-22-12-9-8-11-21(22)17-24(25)27(32)29-23-15-6-5-7-16-23/h5-18H,3-4H2,1-2H3,(H,29,32)(H2,30,31,33). The first kappa shape index (κ1) is 22.1. The third-order valence-electron chi connectivity index (χ3n) is 5.65. The van der Waals surface area contributed by atoms with Crippen LogP contribution >= 0.6 is 0 Å². The Hall–Kier alpha value is -4.12. The number of amides is 3. The summed E-state index contributed by atoms with van der Waals surface area (Å²) >= 11 is 0. The summed E-state index contributed by atoms with van der Waals surface area (Å²) in [7, 11) is 0. The number of hydrogen-bond donors (Lipinski definition) is 3. The van der Waals surface area contributed by atoms with Gasteiger partial charge in [0.25, 0.3) is 5.91 Å². The molecule has 0 bridgehead atoms. The molecule has 0 heterocycles. The molecule has 0 radical (unpaired) electrons. The summed E-state index contributed by atoms with van der Waals surface area (Å²) in [5.74, 6) is -0.287. The smallest absolute Gasteiger partial charge is 0.322 e. The van der Waals surface area contributed by atoms with Crippen LogP contribution < -0.4 is 16.0 Å². The lowest BCUT2D eigenvalue weighted by molar-refractivity contribution is 0.102. The fourth-order valence-corrected chi connectivity index (χ4v) is 3.92. The second-order valence-electron chi connectivity index (χ2n) is 7.80. The maximum absolute atomic E-state index is 13.1. The second-order valence-corrected chi connectivity index (χ2v) is 7.80. The monoisotopic (exact) mass is 437 g/mol. The van der Waals surface area contributed by atoms with Gasteiger partial charge in [0.2, 0.25) is 0 Å². The highest BCUT2D eigenvalue weighted by atomic mass is 16.2. The van der Waals surface area contributed by atoms with Crippen LogP contribution in [0.3, 0.4) is 0 Å². The van der Waals surface area contributed by atoms with Crippen molar-refractivity contribution >= 4 is 39.8 Å². The fraction of sp³-hybridized carbons (Fsp3) is 0.143. The molecule has 4 aromatic carbocycles. The van der Waals surface area contributed by atoms with Gasteiger partial charge in [-0.25, -0.2) is 4.79 Å². The molecule has 5 nitrogen and oxygen atoms in total. The number of hydrogen-bond acceptors (Lipinski definition) is 2. The van der Waals surface area contributed by atoms with Crippen LogP contribution in [0.4, 0.5) is 21.9 Å². The number of benzene rings is 4. The highest BCUT2D eigenvalue weighted by Crippen LogP contribution is 2.27. The third-order valence-corrected chi connectivity index (χ3v) is 5.65. The molecular formula is C28H27N3O2. The zero-order valence-corrected chi connectivity index (χ0v) is 18.8. The van der Waals surface area contributed by atoms with Crippen LogP contribution in [-0.4, -0.2) is 11.9 Å². The van der Waals surface area contributed by atoms with Gasteiger partial charge in [0.05, 0.1) is 11.3 Å². The molecule has 33 heavy (non-hydrogen) atoms. The van der Waals surface area contributed by atoms with Crippen LogP contribution in [0.2, 0.25) is 0 Å². The minimum Gasteiger partial charge on any atom is -0.322 e. The number of carbonyl (C=O) groups is 2. The minimum atomic E-state index is -0.380. The molecule has 0 saturated heterocycles. The summed E-state index contributed by atoms with van der Waals surface area (Å²) in [5.41, 5.74) is 4.51. The molecule has 3 N–H and O–H groups in total. The predicted octanol–water partition coefficient (Wildman–Crippen LogP) is 6.86. The molecule has 166 valence electrons. The van der Waals surface area contributed by atoms with Gasteiger partial charge in [0, 0.05) is 11.4 Å². The molecule has 0 aromatic heterocycles. The zero-order valence-electron chi connectivity index (χ0n) is 18.8. The maximum Gasteiger partial charge on any atom is 0.323 e. The van der Waals surface area contributed by atoms with Crippen molar-refractivity contribution in [2.45, 2.75) is 26.7 Å². The average Bonchev–Trinajstić information content (AvgIpc) is 2.84. The lowest BCUT2D eigenvalue weighted by atomic mass is 10.0. The third kappa shape index (κ3) is 5.04. The van der Waals surface area contributed by atoms with Gasteiger partial charge in [-0.05, 0) is 59.0 Å². The van der Waals surface area contributed by atoms with Gasteiger partial charge in [0.1, 0.15) is 0 Å².